The first kappa shape index (κ1) is 20.4. The van der Waals surface area contributed by atoms with E-state index in [1.807, 2.05) is 24.3 Å². The Labute approximate surface area is 177 Å². The van der Waals surface area contributed by atoms with Crippen LogP contribution in [0.25, 0.3) is 0 Å². The Bertz CT molecular complexity index is 919. The van der Waals surface area contributed by atoms with Crippen molar-refractivity contribution in [3.8, 4) is 0 Å². The van der Waals surface area contributed by atoms with Crippen LogP contribution < -0.4 is 16.4 Å². The molecule has 1 atom stereocenters. The third-order valence-corrected chi connectivity index (χ3v) is 5.79. The summed E-state index contributed by atoms with van der Waals surface area (Å²) >= 11 is 0. The Morgan fingerprint density at radius 1 is 1.13 bits per heavy atom. The number of aryl methyl sites for hydroxylation is 1. The molecule has 0 aromatic heterocycles. The van der Waals surface area contributed by atoms with Crippen molar-refractivity contribution in [3.63, 3.8) is 0 Å². The molecule has 4 N–H and O–H groups in total. The van der Waals surface area contributed by atoms with Gasteiger partial charge in [0.15, 0.2) is 5.96 Å². The van der Waals surface area contributed by atoms with Crippen molar-refractivity contribution < 1.29 is 9.53 Å². The number of carbonyl (C=O) groups is 1. The normalized spacial score (nSPS) is 18.7. The van der Waals surface area contributed by atoms with Gasteiger partial charge in [0.25, 0.3) is 5.91 Å². The molecule has 1 unspecified atom stereocenters. The van der Waals surface area contributed by atoms with Crippen molar-refractivity contribution >= 4 is 17.6 Å². The van der Waals surface area contributed by atoms with E-state index in [4.69, 9.17) is 10.5 Å². The van der Waals surface area contributed by atoms with Crippen LogP contribution in [0, 0.1) is 0 Å². The van der Waals surface area contributed by atoms with Gasteiger partial charge in [-0.05, 0) is 73.4 Å². The molecule has 2 aromatic carbocycles. The van der Waals surface area contributed by atoms with E-state index < -0.39 is 0 Å². The predicted octanol–water partition coefficient (Wildman–Crippen LogP) is 3.40. The number of ether oxygens (including phenoxy) is 1. The Balaban J connectivity index is 1.35. The van der Waals surface area contributed by atoms with Crippen molar-refractivity contribution in [1.29, 1.82) is 0 Å². The number of hydrogen-bond donors (Lipinski definition) is 3. The second kappa shape index (κ2) is 9.76. The molecule has 30 heavy (non-hydrogen) atoms. The molecule has 4 rings (SSSR count). The summed E-state index contributed by atoms with van der Waals surface area (Å²) in [5, 5.41) is 6.22. The molecule has 0 saturated carbocycles. The van der Waals surface area contributed by atoms with Gasteiger partial charge < -0.3 is 21.1 Å². The Morgan fingerprint density at radius 3 is 2.87 bits per heavy atom. The van der Waals surface area contributed by atoms with Crippen molar-refractivity contribution in [2.24, 2.45) is 10.7 Å². The maximum absolute atomic E-state index is 12.4. The van der Waals surface area contributed by atoms with Crippen LogP contribution in [0.5, 0.6) is 0 Å². The number of anilines is 1. The quantitative estimate of drug-likeness (QED) is 0.507. The van der Waals surface area contributed by atoms with Crippen LogP contribution in [0.1, 0.15) is 52.7 Å². The number of nitrogens with zero attached hydrogens (tertiary/aromatic N) is 1. The summed E-state index contributed by atoms with van der Waals surface area (Å²) in [7, 11) is 0. The number of amides is 1. The summed E-state index contributed by atoms with van der Waals surface area (Å²) in [5.74, 6) is 0.306. The largest absolute Gasteiger partial charge is 0.376 e. The lowest BCUT2D eigenvalue weighted by Gasteiger charge is -2.19. The number of fused-ring (bicyclic) bond motifs is 1. The molecule has 1 heterocycles. The fraction of sp³-hybridized carbons (Fsp3) is 0.417. The minimum atomic E-state index is -0.0849. The summed E-state index contributed by atoms with van der Waals surface area (Å²) in [4.78, 5) is 16.9. The molecule has 6 nitrogen and oxygen atoms in total. The van der Waals surface area contributed by atoms with Crippen LogP contribution in [0.2, 0.25) is 0 Å². The average Bonchev–Trinajstić information content (AvgIpc) is 3.30. The Morgan fingerprint density at radius 2 is 2.00 bits per heavy atom. The van der Waals surface area contributed by atoms with Crippen LogP contribution in [0.15, 0.2) is 47.5 Å². The maximum atomic E-state index is 12.4. The van der Waals surface area contributed by atoms with Crippen molar-refractivity contribution in [3.05, 3.63) is 64.7 Å². The highest BCUT2D eigenvalue weighted by molar-refractivity contribution is 5.94. The van der Waals surface area contributed by atoms with E-state index in [-0.39, 0.29) is 12.0 Å². The van der Waals surface area contributed by atoms with Gasteiger partial charge in [-0.25, -0.2) is 4.99 Å². The van der Waals surface area contributed by atoms with Gasteiger partial charge in [-0.3, -0.25) is 4.79 Å². The topological polar surface area (TPSA) is 88.7 Å². The molecule has 0 bridgehead atoms. The van der Waals surface area contributed by atoms with Gasteiger partial charge >= 0.3 is 0 Å². The third kappa shape index (κ3) is 5.19. The molecule has 6 heteroatoms. The first-order chi connectivity index (χ1) is 14.7. The summed E-state index contributed by atoms with van der Waals surface area (Å²) < 4.78 is 5.56. The van der Waals surface area contributed by atoms with Gasteiger partial charge in [-0.1, -0.05) is 24.3 Å². The van der Waals surface area contributed by atoms with Crippen molar-refractivity contribution in [2.75, 3.05) is 18.5 Å². The zero-order valence-electron chi connectivity index (χ0n) is 17.3. The number of carbonyl (C=O) groups excluding carboxylic acids is 1. The first-order valence-electron chi connectivity index (χ1n) is 10.9. The molecule has 158 valence electrons. The van der Waals surface area contributed by atoms with Gasteiger partial charge in [0.05, 0.1) is 12.6 Å². The van der Waals surface area contributed by atoms with E-state index in [9.17, 15) is 4.79 Å². The number of aliphatic imine (C=N–C) groups is 1. The summed E-state index contributed by atoms with van der Waals surface area (Å²) in [6.07, 6.45) is 6.87. The first-order valence-corrected chi connectivity index (χ1v) is 10.9. The van der Waals surface area contributed by atoms with Gasteiger partial charge in [0.2, 0.25) is 0 Å². The fourth-order valence-electron chi connectivity index (χ4n) is 4.18. The summed E-state index contributed by atoms with van der Waals surface area (Å²) in [6, 6.07) is 13.8. The molecule has 0 radical (unpaired) electrons. The number of nitrogens with one attached hydrogen (secondary N) is 2. The number of guanidine groups is 1. The molecule has 2 aromatic rings. The highest BCUT2D eigenvalue weighted by atomic mass is 16.5. The molecular weight excluding hydrogens is 376 g/mol. The molecule has 1 amide bonds. The monoisotopic (exact) mass is 406 g/mol. The van der Waals surface area contributed by atoms with Crippen LogP contribution in [0.3, 0.4) is 0 Å². The molecule has 1 aliphatic heterocycles. The van der Waals surface area contributed by atoms with Gasteiger partial charge in [-0.15, -0.1) is 0 Å². The second-order valence-electron chi connectivity index (χ2n) is 8.02. The Kier molecular flexibility index (Phi) is 6.64. The zero-order chi connectivity index (χ0) is 20.8. The smallest absolute Gasteiger partial charge is 0.251 e. The second-order valence-corrected chi connectivity index (χ2v) is 8.02. The number of nitrogens with two attached hydrogens (primary N) is 1. The van der Waals surface area contributed by atoms with Crippen LogP contribution >= 0.6 is 0 Å². The van der Waals surface area contributed by atoms with E-state index in [1.54, 1.807) is 0 Å². The molecule has 0 spiro atoms. The van der Waals surface area contributed by atoms with Crippen LogP contribution in [0.4, 0.5) is 5.69 Å². The maximum Gasteiger partial charge on any atom is 0.251 e. The van der Waals surface area contributed by atoms with Crippen LogP contribution in [-0.2, 0) is 24.1 Å². The molecule has 2 aliphatic rings. The fourth-order valence-corrected chi connectivity index (χ4v) is 4.18. The number of benzene rings is 2. The van der Waals surface area contributed by atoms with Gasteiger partial charge in [0.1, 0.15) is 0 Å². The van der Waals surface area contributed by atoms with E-state index in [0.29, 0.717) is 24.6 Å². The average molecular weight is 407 g/mol. The molecular formula is C24H30N4O2. The highest BCUT2D eigenvalue weighted by Crippen LogP contribution is 2.27. The van der Waals surface area contributed by atoms with Crippen molar-refractivity contribution in [1.82, 2.24) is 5.32 Å². The molecule has 1 aliphatic carbocycles. The summed E-state index contributed by atoms with van der Waals surface area (Å²) in [5.41, 5.74) is 11.5. The van der Waals surface area contributed by atoms with Gasteiger partial charge in [-0.2, -0.15) is 0 Å². The lowest BCUT2D eigenvalue weighted by Crippen LogP contribution is -2.31. The highest BCUT2D eigenvalue weighted by Gasteiger charge is 2.17. The summed E-state index contributed by atoms with van der Waals surface area (Å²) in [6.45, 7) is 1.76. The Hall–Kier alpha value is -2.86. The lowest BCUT2D eigenvalue weighted by molar-refractivity contribution is 0.0857. The molecule has 1 fully saturated rings. The minimum Gasteiger partial charge on any atom is -0.376 e. The molecule has 1 saturated heterocycles. The zero-order valence-corrected chi connectivity index (χ0v) is 17.3. The standard InChI is InChI=1S/C24H30N4O2/c25-24(28-22-12-4-8-18-7-1-2-11-21(18)22)27-15-17-6-3-9-19(14-17)23(29)26-16-20-10-5-13-30-20/h3-4,6,8-9,12,14,20H,1-2,5,7,10-11,13,15-16H2,(H,26,29)(H3,25,27,28). The van der Waals surface area contributed by atoms with Gasteiger partial charge in [0, 0.05) is 24.4 Å². The SMILES string of the molecule is NC(=NCc1cccc(C(=O)NCC2CCCO2)c1)Nc1cccc2c1CCCC2. The number of hydrogen-bond acceptors (Lipinski definition) is 3. The third-order valence-electron chi connectivity index (χ3n) is 5.79. The van der Waals surface area contributed by atoms with Crippen LogP contribution in [-0.4, -0.2) is 31.1 Å². The van der Waals surface area contributed by atoms with E-state index in [2.05, 4.69) is 33.8 Å². The van der Waals surface area contributed by atoms with Crippen molar-refractivity contribution in [2.45, 2.75) is 51.2 Å². The van der Waals surface area contributed by atoms with E-state index in [1.165, 1.54) is 24.0 Å². The number of rotatable bonds is 6. The lowest BCUT2D eigenvalue weighted by atomic mass is 9.90. The van der Waals surface area contributed by atoms with E-state index >= 15 is 0 Å². The predicted molar refractivity (Wildman–Crippen MR) is 120 cm³/mol. The minimum absolute atomic E-state index is 0.0849. The van der Waals surface area contributed by atoms with E-state index in [0.717, 1.165) is 43.5 Å².